The van der Waals surface area contributed by atoms with Crippen LogP contribution < -0.4 is 10.6 Å². The molecule has 2 N–H and O–H groups in total. The van der Waals surface area contributed by atoms with E-state index in [0.717, 1.165) is 18.3 Å². The Morgan fingerprint density at radius 3 is 2.75 bits per heavy atom. The largest absolute Gasteiger partial charge is 0.380 e. The average Bonchev–Trinajstić information content (AvgIpc) is 3.20. The maximum atomic E-state index is 5.23. The van der Waals surface area contributed by atoms with Crippen LogP contribution in [0.3, 0.4) is 0 Å². The number of ether oxygens (including phenoxy) is 1. The molecule has 20 heavy (non-hydrogen) atoms. The van der Waals surface area contributed by atoms with Gasteiger partial charge in [-0.15, -0.1) is 0 Å². The van der Waals surface area contributed by atoms with Gasteiger partial charge >= 0.3 is 0 Å². The van der Waals surface area contributed by atoms with Crippen LogP contribution in [-0.2, 0) is 17.9 Å². The van der Waals surface area contributed by atoms with Crippen molar-refractivity contribution in [3.8, 4) is 0 Å². The monoisotopic (exact) mass is 274 g/mol. The Bertz CT molecular complexity index is 464. The first-order valence-electron chi connectivity index (χ1n) is 7.40. The summed E-state index contributed by atoms with van der Waals surface area (Å²) in [6.07, 6.45) is 2.64. The lowest BCUT2D eigenvalue weighted by Gasteiger charge is -2.17. The number of rotatable bonds is 8. The van der Waals surface area contributed by atoms with Crippen molar-refractivity contribution in [1.29, 1.82) is 0 Å². The lowest BCUT2D eigenvalue weighted by atomic mass is 10.0. The van der Waals surface area contributed by atoms with Gasteiger partial charge in [-0.1, -0.05) is 24.8 Å². The Balaban J connectivity index is 2.03. The summed E-state index contributed by atoms with van der Waals surface area (Å²) in [5.74, 6) is 1.65. The van der Waals surface area contributed by atoms with E-state index in [1.165, 1.54) is 29.5 Å². The zero-order valence-electron chi connectivity index (χ0n) is 12.8. The number of hydrogen-bond acceptors (Lipinski definition) is 3. The van der Waals surface area contributed by atoms with Gasteiger partial charge in [-0.2, -0.15) is 0 Å². The van der Waals surface area contributed by atoms with Crippen molar-refractivity contribution in [2.45, 2.75) is 51.8 Å². The first-order chi connectivity index (χ1) is 9.60. The highest BCUT2D eigenvalue weighted by Gasteiger charge is 2.25. The van der Waals surface area contributed by atoms with Crippen LogP contribution in [0.4, 0.5) is 0 Å². The normalized spacial score (nSPS) is 14.4. The van der Waals surface area contributed by atoms with E-state index in [-0.39, 0.29) is 0 Å². The van der Waals surface area contributed by atoms with Crippen molar-refractivity contribution in [3.63, 3.8) is 0 Å². The third kappa shape index (κ3) is 4.27. The predicted octanol–water partition coefficient (Wildman–Crippen LogP) is 3.27. The first-order valence-corrected chi connectivity index (χ1v) is 7.40. The van der Waals surface area contributed by atoms with Crippen LogP contribution in [0.15, 0.2) is 30.6 Å². The maximum absolute atomic E-state index is 5.23. The lowest BCUT2D eigenvalue weighted by molar-refractivity contribution is 0.185. The summed E-state index contributed by atoms with van der Waals surface area (Å²) in [7, 11) is 1.74. The molecule has 0 saturated heterocycles. The highest BCUT2D eigenvalue weighted by atomic mass is 16.5. The van der Waals surface area contributed by atoms with Crippen LogP contribution in [-0.4, -0.2) is 13.2 Å². The Morgan fingerprint density at radius 2 is 2.15 bits per heavy atom. The van der Waals surface area contributed by atoms with E-state index in [1.807, 2.05) is 0 Å². The van der Waals surface area contributed by atoms with Crippen LogP contribution in [0.5, 0.6) is 0 Å². The Labute approximate surface area is 122 Å². The molecule has 0 spiro atoms. The van der Waals surface area contributed by atoms with Gasteiger partial charge in [0.1, 0.15) is 0 Å². The predicted molar refractivity (Wildman–Crippen MR) is 83.4 cm³/mol. The molecule has 0 unspecified atom stereocenters. The van der Waals surface area contributed by atoms with Gasteiger partial charge < -0.3 is 15.4 Å². The van der Waals surface area contributed by atoms with E-state index in [0.29, 0.717) is 12.6 Å². The fourth-order valence-corrected chi connectivity index (χ4v) is 2.46. The summed E-state index contributed by atoms with van der Waals surface area (Å²) in [5.41, 5.74) is 4.08. The smallest absolute Gasteiger partial charge is 0.0917 e. The molecule has 3 heteroatoms. The topological polar surface area (TPSA) is 33.3 Å². The third-order valence-corrected chi connectivity index (χ3v) is 3.49. The van der Waals surface area contributed by atoms with Crippen molar-refractivity contribution >= 4 is 0 Å². The number of nitrogens with one attached hydrogen (secondary N) is 2. The second-order valence-electron chi connectivity index (χ2n) is 5.87. The molecule has 1 fully saturated rings. The molecule has 0 amide bonds. The number of methoxy groups -OCH3 is 1. The molecule has 1 aromatic rings. The molecule has 1 aliphatic rings. The molecule has 110 valence electrons. The molecule has 1 aliphatic carbocycles. The second-order valence-corrected chi connectivity index (χ2v) is 5.87. The highest BCUT2D eigenvalue weighted by molar-refractivity contribution is 5.37. The fourth-order valence-electron chi connectivity index (χ4n) is 2.46. The van der Waals surface area contributed by atoms with Gasteiger partial charge in [0.15, 0.2) is 0 Å². The molecule has 0 atom stereocenters. The molecule has 0 radical (unpaired) electrons. The summed E-state index contributed by atoms with van der Waals surface area (Å²) in [6, 6.07) is 7.11. The standard InChI is InChI=1S/C17H26N2O/c1-12(2)19-13(3)18-10-16-9-14(11-20-4)5-8-17(16)15-6-7-15/h5,8-9,12,15,18-19H,3,6-7,10-11H2,1-2,4H3. The summed E-state index contributed by atoms with van der Waals surface area (Å²) in [5, 5.41) is 6.66. The van der Waals surface area contributed by atoms with Crippen molar-refractivity contribution in [2.24, 2.45) is 0 Å². The number of hydrogen-bond donors (Lipinski definition) is 2. The second kappa shape index (κ2) is 6.80. The molecule has 0 heterocycles. The molecular weight excluding hydrogens is 248 g/mol. The molecule has 0 aromatic heterocycles. The minimum atomic E-state index is 0.401. The highest BCUT2D eigenvalue weighted by Crippen LogP contribution is 2.41. The van der Waals surface area contributed by atoms with Gasteiger partial charge in [0, 0.05) is 19.7 Å². The molecule has 0 bridgehead atoms. The Morgan fingerprint density at radius 1 is 1.40 bits per heavy atom. The molecule has 1 saturated carbocycles. The first kappa shape index (κ1) is 14.9. The van der Waals surface area contributed by atoms with Gasteiger partial charge in [-0.05, 0) is 49.3 Å². The van der Waals surface area contributed by atoms with Gasteiger partial charge in [0.2, 0.25) is 0 Å². The van der Waals surface area contributed by atoms with Crippen LogP contribution >= 0.6 is 0 Å². The van der Waals surface area contributed by atoms with E-state index < -0.39 is 0 Å². The van der Waals surface area contributed by atoms with E-state index in [1.54, 1.807) is 7.11 Å². The van der Waals surface area contributed by atoms with E-state index in [2.05, 4.69) is 49.3 Å². The van der Waals surface area contributed by atoms with E-state index in [9.17, 15) is 0 Å². The molecule has 0 aliphatic heterocycles. The summed E-state index contributed by atoms with van der Waals surface area (Å²) in [4.78, 5) is 0. The summed E-state index contributed by atoms with van der Waals surface area (Å²) >= 11 is 0. The number of benzene rings is 1. The van der Waals surface area contributed by atoms with Gasteiger partial charge in [-0.3, -0.25) is 0 Å². The quantitative estimate of drug-likeness (QED) is 0.763. The zero-order chi connectivity index (χ0) is 14.5. The van der Waals surface area contributed by atoms with Gasteiger partial charge in [-0.25, -0.2) is 0 Å². The Kier molecular flexibility index (Phi) is 5.07. The van der Waals surface area contributed by atoms with Gasteiger partial charge in [0.05, 0.1) is 12.4 Å². The zero-order valence-corrected chi connectivity index (χ0v) is 12.8. The van der Waals surface area contributed by atoms with Crippen LogP contribution in [0.25, 0.3) is 0 Å². The molecule has 2 rings (SSSR count). The maximum Gasteiger partial charge on any atom is 0.0917 e. The molecule has 3 nitrogen and oxygen atoms in total. The van der Waals surface area contributed by atoms with Crippen LogP contribution in [0.1, 0.15) is 49.3 Å². The van der Waals surface area contributed by atoms with E-state index >= 15 is 0 Å². The fraction of sp³-hybridized carbons (Fsp3) is 0.529. The van der Waals surface area contributed by atoms with Crippen molar-refractivity contribution in [3.05, 3.63) is 47.3 Å². The summed E-state index contributed by atoms with van der Waals surface area (Å²) < 4.78 is 5.23. The third-order valence-electron chi connectivity index (χ3n) is 3.49. The summed E-state index contributed by atoms with van der Waals surface area (Å²) in [6.45, 7) is 9.73. The molecular formula is C17H26N2O. The minimum absolute atomic E-state index is 0.401. The average molecular weight is 274 g/mol. The SMILES string of the molecule is C=C(NCc1cc(COC)ccc1C1CC1)NC(C)C. The lowest BCUT2D eigenvalue weighted by Crippen LogP contribution is -2.30. The van der Waals surface area contributed by atoms with Crippen molar-refractivity contribution in [1.82, 2.24) is 10.6 Å². The van der Waals surface area contributed by atoms with Crippen LogP contribution in [0.2, 0.25) is 0 Å². The van der Waals surface area contributed by atoms with Gasteiger partial charge in [0.25, 0.3) is 0 Å². The van der Waals surface area contributed by atoms with Crippen LogP contribution in [0, 0.1) is 0 Å². The van der Waals surface area contributed by atoms with Crippen molar-refractivity contribution < 1.29 is 4.74 Å². The molecule has 1 aromatic carbocycles. The minimum Gasteiger partial charge on any atom is -0.380 e. The van der Waals surface area contributed by atoms with Crippen molar-refractivity contribution in [2.75, 3.05) is 7.11 Å². The van der Waals surface area contributed by atoms with E-state index in [4.69, 9.17) is 4.74 Å². The Hall–Kier alpha value is -1.48.